The average Bonchev–Trinajstić information content (AvgIpc) is 2.50. The van der Waals surface area contributed by atoms with E-state index in [2.05, 4.69) is 0 Å². The van der Waals surface area contributed by atoms with Gasteiger partial charge in [0.2, 0.25) is 5.78 Å². The van der Waals surface area contributed by atoms with Crippen molar-refractivity contribution >= 4 is 27.4 Å². The Kier molecular flexibility index (Phi) is 3.13. The number of hydrogen-bond donors (Lipinski definition) is 0. The summed E-state index contributed by atoms with van der Waals surface area (Å²) in [6, 6.07) is 6.68. The van der Waals surface area contributed by atoms with Gasteiger partial charge in [-0.25, -0.2) is 8.42 Å². The Balaban J connectivity index is 2.41. The van der Waals surface area contributed by atoms with Gasteiger partial charge < -0.3 is 4.55 Å². The van der Waals surface area contributed by atoms with Gasteiger partial charge in [0.1, 0.15) is 15.7 Å². The zero-order chi connectivity index (χ0) is 16.9. The van der Waals surface area contributed by atoms with Crippen molar-refractivity contribution in [2.75, 3.05) is 0 Å². The number of rotatable bonds is 2. The molecule has 0 amide bonds. The molecule has 8 nitrogen and oxygen atoms in total. The summed E-state index contributed by atoms with van der Waals surface area (Å²) in [5.41, 5.74) is -2.14. The predicted molar refractivity (Wildman–Crippen MR) is 74.4 cm³/mol. The van der Waals surface area contributed by atoms with E-state index in [0.717, 1.165) is 24.3 Å². The van der Waals surface area contributed by atoms with Crippen molar-refractivity contribution < 1.29 is 27.5 Å². The maximum Gasteiger partial charge on any atom is 0.281 e. The molecule has 0 fully saturated rings. The number of carbonyl (C=O) groups excluding carboxylic acids is 2. The second kappa shape index (κ2) is 4.80. The first-order valence-electron chi connectivity index (χ1n) is 6.19. The first-order chi connectivity index (χ1) is 10.7. The van der Waals surface area contributed by atoms with E-state index < -0.39 is 48.3 Å². The fourth-order valence-corrected chi connectivity index (χ4v) is 3.25. The molecular weight excluding hydrogens is 326 g/mol. The molecular formula is C14H6NO7S-. The highest BCUT2D eigenvalue weighted by atomic mass is 32.2. The van der Waals surface area contributed by atoms with Gasteiger partial charge in [-0.1, -0.05) is 18.2 Å². The first-order valence-corrected chi connectivity index (χ1v) is 7.60. The van der Waals surface area contributed by atoms with E-state index >= 15 is 0 Å². The number of carbonyl (C=O) groups is 2. The number of nitrogens with zero attached hydrogens (tertiary/aromatic N) is 1. The molecule has 116 valence electrons. The summed E-state index contributed by atoms with van der Waals surface area (Å²) < 4.78 is 34.0. The summed E-state index contributed by atoms with van der Waals surface area (Å²) in [5.74, 6) is -1.78. The molecule has 0 saturated carbocycles. The Morgan fingerprint density at radius 3 is 1.96 bits per heavy atom. The van der Waals surface area contributed by atoms with Gasteiger partial charge in [-0.3, -0.25) is 19.7 Å². The third-order valence-corrected chi connectivity index (χ3v) is 4.36. The van der Waals surface area contributed by atoms with E-state index in [9.17, 15) is 32.7 Å². The summed E-state index contributed by atoms with van der Waals surface area (Å²) in [4.78, 5) is 34.5. The van der Waals surface area contributed by atoms with E-state index in [4.69, 9.17) is 0 Å². The molecule has 0 atom stereocenters. The summed E-state index contributed by atoms with van der Waals surface area (Å²) in [6.45, 7) is 0. The van der Waals surface area contributed by atoms with Crippen LogP contribution in [0.3, 0.4) is 0 Å². The fraction of sp³-hybridized carbons (Fsp3) is 0. The summed E-state index contributed by atoms with van der Waals surface area (Å²) >= 11 is 0. The van der Waals surface area contributed by atoms with Gasteiger partial charge in [-0.05, 0) is 12.1 Å². The largest absolute Gasteiger partial charge is 0.744 e. The molecule has 0 N–H and O–H groups in total. The van der Waals surface area contributed by atoms with Crippen molar-refractivity contribution in [3.8, 4) is 0 Å². The van der Waals surface area contributed by atoms with E-state index in [1.54, 1.807) is 0 Å². The number of benzene rings is 2. The van der Waals surface area contributed by atoms with Gasteiger partial charge in [-0.2, -0.15) is 0 Å². The minimum atomic E-state index is -4.99. The van der Waals surface area contributed by atoms with Gasteiger partial charge >= 0.3 is 0 Å². The Hall–Kier alpha value is -2.91. The van der Waals surface area contributed by atoms with Crippen LogP contribution in [0.2, 0.25) is 0 Å². The van der Waals surface area contributed by atoms with Crippen LogP contribution in [0.15, 0.2) is 41.3 Å². The molecule has 0 aliphatic heterocycles. The third-order valence-electron chi connectivity index (χ3n) is 3.48. The Bertz CT molecular complexity index is 1010. The molecule has 2 aromatic carbocycles. The first kappa shape index (κ1) is 15.0. The number of hydrogen-bond acceptors (Lipinski definition) is 7. The van der Waals surface area contributed by atoms with Crippen LogP contribution in [0, 0.1) is 10.1 Å². The van der Waals surface area contributed by atoms with E-state index in [1.807, 2.05) is 0 Å². The Morgan fingerprint density at radius 1 is 0.870 bits per heavy atom. The molecule has 0 heterocycles. The van der Waals surface area contributed by atoms with Crippen LogP contribution in [0.4, 0.5) is 5.69 Å². The lowest BCUT2D eigenvalue weighted by molar-refractivity contribution is -0.385. The maximum atomic E-state index is 12.5. The van der Waals surface area contributed by atoms with Crippen molar-refractivity contribution in [2.45, 2.75) is 4.90 Å². The number of nitro groups is 1. The molecule has 0 unspecified atom stereocenters. The van der Waals surface area contributed by atoms with Crippen LogP contribution in [0.25, 0.3) is 0 Å². The number of nitro benzene ring substituents is 1. The molecule has 23 heavy (non-hydrogen) atoms. The van der Waals surface area contributed by atoms with E-state index in [-0.39, 0.29) is 11.1 Å². The van der Waals surface area contributed by atoms with Crippen molar-refractivity contribution in [3.05, 3.63) is 68.8 Å². The second-order valence-electron chi connectivity index (χ2n) is 4.75. The number of ketones is 2. The number of fused-ring (bicyclic) bond motifs is 2. The summed E-state index contributed by atoms with van der Waals surface area (Å²) in [6.07, 6.45) is 0. The molecule has 3 rings (SSSR count). The van der Waals surface area contributed by atoms with Crippen molar-refractivity contribution in [1.29, 1.82) is 0 Å². The van der Waals surface area contributed by atoms with Crippen LogP contribution in [-0.2, 0) is 10.1 Å². The van der Waals surface area contributed by atoms with Crippen molar-refractivity contribution in [2.24, 2.45) is 0 Å². The lowest BCUT2D eigenvalue weighted by Crippen LogP contribution is -2.24. The molecule has 0 radical (unpaired) electrons. The molecule has 9 heteroatoms. The van der Waals surface area contributed by atoms with Crippen LogP contribution >= 0.6 is 0 Å². The van der Waals surface area contributed by atoms with Crippen LogP contribution in [0.5, 0.6) is 0 Å². The zero-order valence-electron chi connectivity index (χ0n) is 11.2. The van der Waals surface area contributed by atoms with Gasteiger partial charge in [0.05, 0.1) is 15.4 Å². The monoisotopic (exact) mass is 332 g/mol. The SMILES string of the molecule is O=C1c2cccc(S(=O)(=O)[O-])c2C(=O)c2cccc([N+](=O)[O-])c21. The topological polar surface area (TPSA) is 134 Å². The van der Waals surface area contributed by atoms with Crippen molar-refractivity contribution in [3.63, 3.8) is 0 Å². The predicted octanol–water partition coefficient (Wildman–Crippen LogP) is 1.27. The lowest BCUT2D eigenvalue weighted by Gasteiger charge is -2.20. The molecule has 0 saturated heterocycles. The van der Waals surface area contributed by atoms with Crippen LogP contribution in [0.1, 0.15) is 31.8 Å². The second-order valence-corrected chi connectivity index (χ2v) is 6.10. The quantitative estimate of drug-likeness (QED) is 0.392. The zero-order valence-corrected chi connectivity index (χ0v) is 12.0. The van der Waals surface area contributed by atoms with Crippen LogP contribution in [-0.4, -0.2) is 29.5 Å². The summed E-state index contributed by atoms with van der Waals surface area (Å²) in [7, 11) is -4.99. The highest BCUT2D eigenvalue weighted by molar-refractivity contribution is 7.85. The summed E-state index contributed by atoms with van der Waals surface area (Å²) in [5, 5.41) is 11.1. The normalized spacial score (nSPS) is 13.4. The van der Waals surface area contributed by atoms with Gasteiger partial charge in [-0.15, -0.1) is 0 Å². The van der Waals surface area contributed by atoms with Crippen LogP contribution < -0.4 is 0 Å². The van der Waals surface area contributed by atoms with E-state index in [1.165, 1.54) is 12.1 Å². The molecule has 1 aliphatic carbocycles. The molecule has 2 aromatic rings. The van der Waals surface area contributed by atoms with Gasteiger partial charge in [0.25, 0.3) is 5.69 Å². The van der Waals surface area contributed by atoms with Gasteiger partial charge in [0, 0.05) is 17.2 Å². The van der Waals surface area contributed by atoms with Crippen molar-refractivity contribution in [1.82, 2.24) is 0 Å². The van der Waals surface area contributed by atoms with E-state index in [0.29, 0.717) is 0 Å². The minimum Gasteiger partial charge on any atom is -0.744 e. The Morgan fingerprint density at radius 2 is 1.39 bits per heavy atom. The smallest absolute Gasteiger partial charge is 0.281 e. The standard InChI is InChI=1S/C14H7NO7S/c16-13-8-4-2-6-10(23(20,21)22)12(8)14(17)7-3-1-5-9(11(7)13)15(18)19/h1-6H,(H,20,21,22)/p-1. The molecule has 0 aromatic heterocycles. The molecule has 1 aliphatic rings. The maximum absolute atomic E-state index is 12.5. The highest BCUT2D eigenvalue weighted by Gasteiger charge is 2.37. The third kappa shape index (κ3) is 2.14. The minimum absolute atomic E-state index is 0.298. The average molecular weight is 332 g/mol. The molecule has 0 spiro atoms. The fourth-order valence-electron chi connectivity index (χ4n) is 2.55. The molecule has 0 bridgehead atoms. The highest BCUT2D eigenvalue weighted by Crippen LogP contribution is 2.35. The van der Waals surface area contributed by atoms with Gasteiger partial charge in [0.15, 0.2) is 5.78 Å². The Labute approximate surface area is 129 Å². The lowest BCUT2D eigenvalue weighted by atomic mass is 9.83.